The van der Waals surface area contributed by atoms with Crippen molar-refractivity contribution in [3.05, 3.63) is 54.1 Å². The van der Waals surface area contributed by atoms with Crippen LogP contribution in [0.4, 0.5) is 5.82 Å². The standard InChI is InChI=1S/C20H23N3O2/c21-16-8-10-17(11-9-16)22-19-6-2-5-18(23-19)15-4-1-3-14(13-15)7-12-20(24)25/h1-7,12-13,16-17H,8-11,21H2,(H,22,23)(H,24,25)/b12-7+/t16-,17+. The topological polar surface area (TPSA) is 88.2 Å². The minimum Gasteiger partial charge on any atom is -0.478 e. The number of aliphatic carboxylic acids is 1. The van der Waals surface area contributed by atoms with Gasteiger partial charge in [-0.2, -0.15) is 0 Å². The molecule has 1 aliphatic rings. The van der Waals surface area contributed by atoms with E-state index in [9.17, 15) is 4.79 Å². The van der Waals surface area contributed by atoms with Crippen LogP contribution in [0, 0.1) is 0 Å². The van der Waals surface area contributed by atoms with E-state index in [1.807, 2.05) is 42.5 Å². The summed E-state index contributed by atoms with van der Waals surface area (Å²) in [5.74, 6) is -0.0913. The van der Waals surface area contributed by atoms with Crippen molar-refractivity contribution >= 4 is 17.9 Å². The Balaban J connectivity index is 1.75. The number of aromatic nitrogens is 1. The summed E-state index contributed by atoms with van der Waals surface area (Å²) in [5.41, 5.74) is 8.62. The largest absolute Gasteiger partial charge is 0.478 e. The lowest BCUT2D eigenvalue weighted by molar-refractivity contribution is -0.131. The molecule has 4 N–H and O–H groups in total. The lowest BCUT2D eigenvalue weighted by atomic mass is 9.92. The predicted molar refractivity (Wildman–Crippen MR) is 100 cm³/mol. The molecular formula is C20H23N3O2. The van der Waals surface area contributed by atoms with E-state index in [1.165, 1.54) is 0 Å². The first-order valence-electron chi connectivity index (χ1n) is 8.61. The molecule has 1 heterocycles. The van der Waals surface area contributed by atoms with Gasteiger partial charge >= 0.3 is 5.97 Å². The molecule has 1 aromatic heterocycles. The van der Waals surface area contributed by atoms with Gasteiger partial charge in [0.2, 0.25) is 0 Å². The number of nitrogens with one attached hydrogen (secondary N) is 1. The molecule has 0 spiro atoms. The second-order valence-electron chi connectivity index (χ2n) is 6.46. The van der Waals surface area contributed by atoms with Gasteiger partial charge in [0.25, 0.3) is 0 Å². The molecule has 5 heteroatoms. The molecule has 5 nitrogen and oxygen atoms in total. The number of carbonyl (C=O) groups is 1. The molecule has 2 aromatic rings. The Labute approximate surface area is 147 Å². The zero-order chi connectivity index (χ0) is 17.6. The highest BCUT2D eigenvalue weighted by molar-refractivity contribution is 5.85. The van der Waals surface area contributed by atoms with Crippen molar-refractivity contribution in [2.45, 2.75) is 37.8 Å². The second-order valence-corrected chi connectivity index (χ2v) is 6.46. The Bertz CT molecular complexity index is 765. The quantitative estimate of drug-likeness (QED) is 0.726. The number of pyridine rings is 1. The first-order chi connectivity index (χ1) is 12.1. The summed E-state index contributed by atoms with van der Waals surface area (Å²) in [6, 6.07) is 14.4. The van der Waals surface area contributed by atoms with E-state index in [0.717, 1.165) is 54.4 Å². The Kier molecular flexibility index (Phi) is 5.46. The summed E-state index contributed by atoms with van der Waals surface area (Å²) >= 11 is 0. The maximum atomic E-state index is 10.7. The third-order valence-electron chi connectivity index (χ3n) is 4.47. The molecule has 1 saturated carbocycles. The van der Waals surface area contributed by atoms with Gasteiger partial charge in [0, 0.05) is 23.7 Å². The number of nitrogens with zero attached hydrogens (tertiary/aromatic N) is 1. The fourth-order valence-electron chi connectivity index (χ4n) is 3.12. The van der Waals surface area contributed by atoms with Crippen LogP contribution < -0.4 is 11.1 Å². The van der Waals surface area contributed by atoms with Crippen molar-refractivity contribution < 1.29 is 9.90 Å². The molecule has 130 valence electrons. The van der Waals surface area contributed by atoms with Crippen LogP contribution in [0.1, 0.15) is 31.2 Å². The van der Waals surface area contributed by atoms with E-state index in [0.29, 0.717) is 12.1 Å². The maximum Gasteiger partial charge on any atom is 0.328 e. The van der Waals surface area contributed by atoms with Crippen LogP contribution in [0.5, 0.6) is 0 Å². The Morgan fingerprint density at radius 3 is 2.68 bits per heavy atom. The van der Waals surface area contributed by atoms with E-state index in [4.69, 9.17) is 15.8 Å². The van der Waals surface area contributed by atoms with Crippen LogP contribution in [-0.4, -0.2) is 28.1 Å². The first kappa shape index (κ1) is 17.2. The van der Waals surface area contributed by atoms with Crippen molar-refractivity contribution in [2.24, 2.45) is 5.73 Å². The summed E-state index contributed by atoms with van der Waals surface area (Å²) in [6.45, 7) is 0. The molecule has 0 saturated heterocycles. The van der Waals surface area contributed by atoms with Gasteiger partial charge in [-0.3, -0.25) is 0 Å². The van der Waals surface area contributed by atoms with Gasteiger partial charge in [0.15, 0.2) is 0 Å². The van der Waals surface area contributed by atoms with E-state index in [1.54, 1.807) is 6.08 Å². The van der Waals surface area contributed by atoms with E-state index < -0.39 is 5.97 Å². The normalized spacial score (nSPS) is 20.5. The zero-order valence-electron chi connectivity index (χ0n) is 14.1. The van der Waals surface area contributed by atoms with Gasteiger partial charge in [0.05, 0.1) is 5.69 Å². The van der Waals surface area contributed by atoms with E-state index in [-0.39, 0.29) is 0 Å². The van der Waals surface area contributed by atoms with Gasteiger partial charge in [0.1, 0.15) is 5.82 Å². The highest BCUT2D eigenvalue weighted by Gasteiger charge is 2.18. The minimum atomic E-state index is -0.957. The van der Waals surface area contributed by atoms with Crippen molar-refractivity contribution in [1.29, 1.82) is 0 Å². The summed E-state index contributed by atoms with van der Waals surface area (Å²) < 4.78 is 0. The fourth-order valence-corrected chi connectivity index (χ4v) is 3.12. The molecule has 0 bridgehead atoms. The second kappa shape index (κ2) is 7.94. The lowest BCUT2D eigenvalue weighted by Crippen LogP contribution is -2.33. The number of hydrogen-bond acceptors (Lipinski definition) is 4. The van der Waals surface area contributed by atoms with Crippen LogP contribution in [0.2, 0.25) is 0 Å². The highest BCUT2D eigenvalue weighted by Crippen LogP contribution is 2.23. The molecule has 3 rings (SSSR count). The molecule has 1 fully saturated rings. The number of anilines is 1. The lowest BCUT2D eigenvalue weighted by Gasteiger charge is -2.27. The van der Waals surface area contributed by atoms with Crippen LogP contribution in [0.3, 0.4) is 0 Å². The average Bonchev–Trinajstić information content (AvgIpc) is 2.62. The number of carboxylic acids is 1. The van der Waals surface area contributed by atoms with Crippen LogP contribution in [-0.2, 0) is 4.79 Å². The third-order valence-corrected chi connectivity index (χ3v) is 4.47. The van der Waals surface area contributed by atoms with Gasteiger partial charge in [-0.15, -0.1) is 0 Å². The Hall–Kier alpha value is -2.66. The van der Waals surface area contributed by atoms with E-state index >= 15 is 0 Å². The summed E-state index contributed by atoms with van der Waals surface area (Å²) in [4.78, 5) is 15.4. The number of carboxylic acid groups (broad SMARTS) is 1. The smallest absolute Gasteiger partial charge is 0.328 e. The molecule has 0 unspecified atom stereocenters. The first-order valence-corrected chi connectivity index (χ1v) is 8.61. The molecular weight excluding hydrogens is 314 g/mol. The third kappa shape index (κ3) is 4.90. The Morgan fingerprint density at radius 1 is 1.16 bits per heavy atom. The van der Waals surface area contributed by atoms with Gasteiger partial charge in [-0.25, -0.2) is 9.78 Å². The van der Waals surface area contributed by atoms with Crippen molar-refractivity contribution in [3.63, 3.8) is 0 Å². The monoisotopic (exact) mass is 337 g/mol. The molecule has 0 amide bonds. The summed E-state index contributed by atoms with van der Waals surface area (Å²) in [7, 11) is 0. The number of benzene rings is 1. The molecule has 25 heavy (non-hydrogen) atoms. The van der Waals surface area contributed by atoms with Crippen LogP contribution >= 0.6 is 0 Å². The SMILES string of the molecule is N[C@H]1CC[C@@H](Nc2cccc(-c3cccc(/C=C/C(=O)O)c3)n2)CC1. The number of rotatable bonds is 5. The molecule has 1 aliphatic carbocycles. The van der Waals surface area contributed by atoms with Crippen LogP contribution in [0.15, 0.2) is 48.5 Å². The highest BCUT2D eigenvalue weighted by atomic mass is 16.4. The predicted octanol–water partition coefficient (Wildman–Crippen LogP) is 3.53. The molecule has 1 aromatic carbocycles. The maximum absolute atomic E-state index is 10.7. The molecule has 0 atom stereocenters. The molecule has 0 radical (unpaired) electrons. The van der Waals surface area contributed by atoms with E-state index in [2.05, 4.69) is 5.32 Å². The van der Waals surface area contributed by atoms with Crippen molar-refractivity contribution in [2.75, 3.05) is 5.32 Å². The number of nitrogens with two attached hydrogens (primary N) is 1. The Morgan fingerprint density at radius 2 is 1.92 bits per heavy atom. The van der Waals surface area contributed by atoms with Gasteiger partial charge < -0.3 is 16.2 Å². The fraction of sp³-hybridized carbons (Fsp3) is 0.300. The van der Waals surface area contributed by atoms with Crippen molar-refractivity contribution in [3.8, 4) is 11.3 Å². The zero-order valence-corrected chi connectivity index (χ0v) is 14.1. The minimum absolute atomic E-state index is 0.332. The summed E-state index contributed by atoms with van der Waals surface area (Å²) in [5, 5.41) is 12.3. The van der Waals surface area contributed by atoms with Gasteiger partial charge in [-0.1, -0.05) is 24.3 Å². The van der Waals surface area contributed by atoms with Crippen LogP contribution in [0.25, 0.3) is 17.3 Å². The van der Waals surface area contributed by atoms with Crippen molar-refractivity contribution in [1.82, 2.24) is 4.98 Å². The summed E-state index contributed by atoms with van der Waals surface area (Å²) in [6.07, 6.45) is 6.97. The van der Waals surface area contributed by atoms with Gasteiger partial charge in [-0.05, 0) is 55.5 Å². The number of hydrogen-bond donors (Lipinski definition) is 3. The average molecular weight is 337 g/mol. The molecule has 0 aliphatic heterocycles.